The SMILES string of the molecule is CCOC(=O)Cc1ccc(-n2c3cnccc3c3cnc(Nc4ccc(N5CCN(C(=O)OC(C)(C)C)CC5)cn4)cc32)cc1.O=C(O)Cc1ccc(-n2c3cnccc3c3cnc(Nc4ccc(N5CCNCC5)cn4)cc32)cc1. The van der Waals surface area contributed by atoms with E-state index in [1.165, 1.54) is 0 Å². The predicted molar refractivity (Wildman–Crippen MR) is 315 cm³/mol. The quantitative estimate of drug-likeness (QED) is 0.0789. The van der Waals surface area contributed by atoms with E-state index in [9.17, 15) is 14.4 Å². The van der Waals surface area contributed by atoms with Gasteiger partial charge in [0.2, 0.25) is 0 Å². The van der Waals surface area contributed by atoms with Crippen LogP contribution in [0.2, 0.25) is 0 Å². The second-order valence-corrected chi connectivity index (χ2v) is 20.8. The maximum absolute atomic E-state index is 12.4. The van der Waals surface area contributed by atoms with Crippen molar-refractivity contribution in [3.05, 3.63) is 158 Å². The van der Waals surface area contributed by atoms with Crippen LogP contribution in [-0.4, -0.2) is 132 Å². The average molecular weight is 1090 g/mol. The molecule has 412 valence electrons. The Morgan fingerprint density at radius 2 is 1.01 bits per heavy atom. The van der Waals surface area contributed by atoms with Gasteiger partial charge in [-0.3, -0.25) is 19.6 Å². The number of amides is 1. The average Bonchev–Trinajstić information content (AvgIpc) is 4.08. The molecule has 0 spiro atoms. The van der Waals surface area contributed by atoms with Gasteiger partial charge in [-0.2, -0.15) is 0 Å². The third kappa shape index (κ3) is 12.2. The van der Waals surface area contributed by atoms with Crippen LogP contribution in [-0.2, 0) is 31.9 Å². The number of pyridine rings is 6. The second-order valence-electron chi connectivity index (χ2n) is 20.8. The van der Waals surface area contributed by atoms with Crippen LogP contribution in [0.4, 0.5) is 39.4 Å². The predicted octanol–water partition coefficient (Wildman–Crippen LogP) is 9.62. The number of nitrogens with zero attached hydrogens (tertiary/aromatic N) is 11. The fourth-order valence-corrected chi connectivity index (χ4v) is 10.2. The number of anilines is 6. The number of hydrogen-bond acceptors (Lipinski definition) is 16. The molecule has 0 aliphatic carbocycles. The van der Waals surface area contributed by atoms with Gasteiger partial charge in [-0.15, -0.1) is 0 Å². The van der Waals surface area contributed by atoms with Gasteiger partial charge >= 0.3 is 18.0 Å². The summed E-state index contributed by atoms with van der Waals surface area (Å²) in [5.41, 5.74) is 8.96. The summed E-state index contributed by atoms with van der Waals surface area (Å²) in [5, 5.41) is 23.2. The molecule has 4 N–H and O–H groups in total. The monoisotopic (exact) mass is 1090 g/mol. The molecule has 0 unspecified atom stereocenters. The lowest BCUT2D eigenvalue weighted by molar-refractivity contribution is -0.142. The highest BCUT2D eigenvalue weighted by molar-refractivity contribution is 6.10. The van der Waals surface area contributed by atoms with Crippen molar-refractivity contribution in [2.24, 2.45) is 0 Å². The number of aliphatic carboxylic acids is 1. The molecule has 20 nitrogen and oxygen atoms in total. The highest BCUT2D eigenvalue weighted by atomic mass is 16.6. The van der Waals surface area contributed by atoms with Crippen molar-refractivity contribution in [2.75, 3.05) is 79.4 Å². The zero-order valence-corrected chi connectivity index (χ0v) is 45.5. The van der Waals surface area contributed by atoms with E-state index in [-0.39, 0.29) is 24.9 Å². The van der Waals surface area contributed by atoms with E-state index in [0.29, 0.717) is 50.2 Å². The Morgan fingerprint density at radius 1 is 0.543 bits per heavy atom. The lowest BCUT2D eigenvalue weighted by Gasteiger charge is -2.36. The molecule has 0 radical (unpaired) electrons. The third-order valence-corrected chi connectivity index (χ3v) is 14.1. The zero-order chi connectivity index (χ0) is 56.0. The summed E-state index contributed by atoms with van der Waals surface area (Å²) >= 11 is 0. The van der Waals surface area contributed by atoms with E-state index in [4.69, 9.17) is 14.6 Å². The van der Waals surface area contributed by atoms with Crippen molar-refractivity contribution < 1.29 is 29.0 Å². The molecule has 2 aromatic carbocycles. The Kier molecular flexibility index (Phi) is 15.4. The number of benzene rings is 2. The summed E-state index contributed by atoms with van der Waals surface area (Å²) in [6, 6.07) is 31.5. The fraction of sp³-hybridized carbons (Fsp3) is 0.262. The summed E-state index contributed by atoms with van der Waals surface area (Å²) in [6.07, 6.45) is 14.7. The van der Waals surface area contributed by atoms with Gasteiger partial charge in [0.25, 0.3) is 0 Å². The van der Waals surface area contributed by atoms with E-state index < -0.39 is 11.6 Å². The topological polar surface area (TPSA) is 223 Å². The molecule has 10 aromatic rings. The highest BCUT2D eigenvalue weighted by Gasteiger charge is 2.26. The first-order chi connectivity index (χ1) is 39.3. The van der Waals surface area contributed by atoms with Gasteiger partial charge in [0.05, 0.1) is 77.7 Å². The summed E-state index contributed by atoms with van der Waals surface area (Å²) in [5.74, 6) is 1.65. The van der Waals surface area contributed by atoms with Crippen LogP contribution < -0.4 is 25.8 Å². The van der Waals surface area contributed by atoms with Crippen LogP contribution in [0.3, 0.4) is 0 Å². The van der Waals surface area contributed by atoms with Crippen molar-refractivity contribution in [1.82, 2.24) is 49.3 Å². The highest BCUT2D eigenvalue weighted by Crippen LogP contribution is 2.35. The van der Waals surface area contributed by atoms with Crippen molar-refractivity contribution >= 4 is 96.3 Å². The Morgan fingerprint density at radius 3 is 1.47 bits per heavy atom. The second kappa shape index (κ2) is 23.3. The molecule has 0 atom stereocenters. The van der Waals surface area contributed by atoms with Gasteiger partial charge in [0, 0.05) is 122 Å². The molecule has 8 aromatic heterocycles. The first kappa shape index (κ1) is 53.3. The number of ether oxygens (including phenoxy) is 2. The van der Waals surface area contributed by atoms with E-state index in [1.54, 1.807) is 24.2 Å². The van der Waals surface area contributed by atoms with Crippen LogP contribution in [0.5, 0.6) is 0 Å². The molecule has 0 bridgehead atoms. The van der Waals surface area contributed by atoms with Crippen LogP contribution in [0.25, 0.3) is 55.0 Å². The van der Waals surface area contributed by atoms with Crippen molar-refractivity contribution in [1.29, 1.82) is 0 Å². The van der Waals surface area contributed by atoms with Crippen molar-refractivity contribution in [3.63, 3.8) is 0 Å². The summed E-state index contributed by atoms with van der Waals surface area (Å²) in [4.78, 5) is 69.1. The van der Waals surface area contributed by atoms with Gasteiger partial charge < -0.3 is 54.4 Å². The van der Waals surface area contributed by atoms with Crippen LogP contribution in [0, 0.1) is 0 Å². The number of carbonyl (C=O) groups excluding carboxylic acids is 2. The first-order valence-electron chi connectivity index (χ1n) is 27.0. The largest absolute Gasteiger partial charge is 0.481 e. The minimum atomic E-state index is -0.847. The molecule has 2 aliphatic heterocycles. The number of carboxylic acids is 1. The molecular formula is C61H62N14O6. The lowest BCUT2D eigenvalue weighted by Crippen LogP contribution is -2.50. The van der Waals surface area contributed by atoms with Crippen LogP contribution in [0.1, 0.15) is 38.8 Å². The van der Waals surface area contributed by atoms with Gasteiger partial charge in [-0.1, -0.05) is 24.3 Å². The summed E-state index contributed by atoms with van der Waals surface area (Å²) < 4.78 is 14.9. The summed E-state index contributed by atoms with van der Waals surface area (Å²) in [6.45, 7) is 14.3. The molecule has 2 aliphatic rings. The van der Waals surface area contributed by atoms with Crippen molar-refractivity contribution in [2.45, 2.75) is 46.1 Å². The Bertz CT molecular complexity index is 3870. The lowest BCUT2D eigenvalue weighted by atomic mass is 10.1. The summed E-state index contributed by atoms with van der Waals surface area (Å²) in [7, 11) is 0. The Labute approximate surface area is 467 Å². The number of carboxylic acid groups (broad SMARTS) is 1. The minimum Gasteiger partial charge on any atom is -0.481 e. The van der Waals surface area contributed by atoms with Crippen LogP contribution in [0.15, 0.2) is 147 Å². The fourth-order valence-electron chi connectivity index (χ4n) is 10.2. The number of carbonyl (C=O) groups is 3. The van der Waals surface area contributed by atoms with E-state index in [2.05, 4.69) is 70.9 Å². The molecule has 10 heterocycles. The van der Waals surface area contributed by atoms with Gasteiger partial charge in [-0.05, 0) is 99.5 Å². The molecule has 0 saturated carbocycles. The molecular weight excluding hydrogens is 1020 g/mol. The molecule has 1 amide bonds. The Hall–Kier alpha value is -9.69. The van der Waals surface area contributed by atoms with E-state index >= 15 is 0 Å². The number of rotatable bonds is 13. The Balaban J connectivity index is 0.000000174. The standard InChI is InChI=1S/C34H37N7O4.C27H25N7O2/c1-5-44-32(42)18-23-6-8-24(9-7-23)41-28-19-31(37-21-27(28)26-12-13-35-22-29(26)41)38-30-11-10-25(20-36-30)39-14-16-40(17-15-39)33(43)45-34(2,3)4;35-27(36)13-18-1-3-19(4-2-18)34-23-14-26(31-16-22(23)21-7-8-29-17-24(21)34)32-25-6-5-20(15-30-25)33-11-9-28-10-12-33/h6-13,19-22H,5,14-18H2,1-4H3,(H,36,37,38);1-8,14-17,28H,9-13H2,(H,35,36)(H,30,31,32). The number of nitrogens with one attached hydrogen (secondary N) is 3. The molecule has 2 fully saturated rings. The molecule has 12 rings (SSSR count). The van der Waals surface area contributed by atoms with Gasteiger partial charge in [-0.25, -0.2) is 24.7 Å². The number of piperazine rings is 2. The third-order valence-electron chi connectivity index (χ3n) is 14.1. The number of fused-ring (bicyclic) bond motifs is 6. The number of aromatic nitrogens is 8. The normalized spacial score (nSPS) is 13.8. The van der Waals surface area contributed by atoms with E-state index in [0.717, 1.165) is 109 Å². The maximum atomic E-state index is 12.4. The number of hydrogen-bond donors (Lipinski definition) is 4. The van der Waals surface area contributed by atoms with Crippen molar-refractivity contribution in [3.8, 4) is 11.4 Å². The maximum Gasteiger partial charge on any atom is 0.410 e. The van der Waals surface area contributed by atoms with Gasteiger partial charge in [0.15, 0.2) is 0 Å². The first-order valence-corrected chi connectivity index (χ1v) is 27.0. The van der Waals surface area contributed by atoms with Gasteiger partial charge in [0.1, 0.15) is 28.9 Å². The molecule has 2 saturated heterocycles. The molecule has 20 heteroatoms. The molecule has 81 heavy (non-hydrogen) atoms. The van der Waals surface area contributed by atoms with E-state index in [1.807, 2.05) is 149 Å². The number of esters is 1. The smallest absolute Gasteiger partial charge is 0.410 e. The minimum absolute atomic E-state index is 0.00651. The zero-order valence-electron chi connectivity index (χ0n) is 45.5. The van der Waals surface area contributed by atoms with Crippen LogP contribution >= 0.6 is 0 Å².